The quantitative estimate of drug-likeness (QED) is 0.878. The second-order valence-electron chi connectivity index (χ2n) is 4.87. The van der Waals surface area contributed by atoms with Crippen molar-refractivity contribution in [1.82, 2.24) is 9.88 Å². The molecule has 0 aromatic carbocycles. The fourth-order valence-corrected chi connectivity index (χ4v) is 2.56. The standard InChI is InChI=1S/C14H21N3O/c1-2-17(10-11-6-3-4-9-16-11)14(18)12-7-5-8-13(12)15/h3-4,6,9,12-13H,2,5,7-8,10,15H2,1H3. The third kappa shape index (κ3) is 2.88. The van der Waals surface area contributed by atoms with Gasteiger partial charge in [0.25, 0.3) is 0 Å². The molecular weight excluding hydrogens is 226 g/mol. The number of carbonyl (C=O) groups excluding carboxylic acids is 1. The summed E-state index contributed by atoms with van der Waals surface area (Å²) in [7, 11) is 0. The summed E-state index contributed by atoms with van der Waals surface area (Å²) in [6.45, 7) is 3.29. The van der Waals surface area contributed by atoms with E-state index in [9.17, 15) is 4.79 Å². The highest BCUT2D eigenvalue weighted by molar-refractivity contribution is 5.79. The van der Waals surface area contributed by atoms with Crippen molar-refractivity contribution in [2.45, 2.75) is 38.8 Å². The Morgan fingerprint density at radius 2 is 2.33 bits per heavy atom. The summed E-state index contributed by atoms with van der Waals surface area (Å²) in [5, 5.41) is 0. The van der Waals surface area contributed by atoms with E-state index >= 15 is 0 Å². The molecule has 0 saturated heterocycles. The van der Waals surface area contributed by atoms with Gasteiger partial charge >= 0.3 is 0 Å². The van der Waals surface area contributed by atoms with Gasteiger partial charge in [-0.2, -0.15) is 0 Å². The first-order valence-electron chi connectivity index (χ1n) is 6.66. The Balaban J connectivity index is 2.02. The van der Waals surface area contributed by atoms with E-state index < -0.39 is 0 Å². The Morgan fingerprint density at radius 3 is 2.89 bits per heavy atom. The Morgan fingerprint density at radius 1 is 1.50 bits per heavy atom. The number of nitrogens with zero attached hydrogens (tertiary/aromatic N) is 2. The van der Waals surface area contributed by atoms with Crippen molar-refractivity contribution in [2.75, 3.05) is 6.54 Å². The third-order valence-electron chi connectivity index (χ3n) is 3.66. The van der Waals surface area contributed by atoms with E-state index in [4.69, 9.17) is 5.73 Å². The van der Waals surface area contributed by atoms with Crippen LogP contribution in [0.1, 0.15) is 31.9 Å². The number of pyridine rings is 1. The molecule has 1 aliphatic rings. The number of hydrogen-bond acceptors (Lipinski definition) is 3. The van der Waals surface area contributed by atoms with Crippen LogP contribution in [0.2, 0.25) is 0 Å². The largest absolute Gasteiger partial charge is 0.337 e. The van der Waals surface area contributed by atoms with Gasteiger partial charge in [-0.05, 0) is 31.9 Å². The van der Waals surface area contributed by atoms with Crippen molar-refractivity contribution in [3.8, 4) is 0 Å². The van der Waals surface area contributed by atoms with Crippen LogP contribution < -0.4 is 5.73 Å². The zero-order valence-corrected chi connectivity index (χ0v) is 10.9. The minimum atomic E-state index is 0.00802. The third-order valence-corrected chi connectivity index (χ3v) is 3.66. The SMILES string of the molecule is CCN(Cc1ccccn1)C(=O)C1CCCC1N. The zero-order chi connectivity index (χ0) is 13.0. The van der Waals surface area contributed by atoms with Crippen LogP contribution in [-0.4, -0.2) is 28.4 Å². The summed E-state index contributed by atoms with van der Waals surface area (Å²) in [6.07, 6.45) is 4.73. The van der Waals surface area contributed by atoms with Gasteiger partial charge in [-0.3, -0.25) is 9.78 Å². The number of amides is 1. The monoisotopic (exact) mass is 247 g/mol. The number of aromatic nitrogens is 1. The average molecular weight is 247 g/mol. The Kier molecular flexibility index (Phi) is 4.31. The molecule has 2 atom stereocenters. The summed E-state index contributed by atoms with van der Waals surface area (Å²) in [6, 6.07) is 5.82. The van der Waals surface area contributed by atoms with Crippen LogP contribution >= 0.6 is 0 Å². The van der Waals surface area contributed by atoms with Crippen LogP contribution in [0.4, 0.5) is 0 Å². The summed E-state index contributed by atoms with van der Waals surface area (Å²) < 4.78 is 0. The molecule has 0 radical (unpaired) electrons. The van der Waals surface area contributed by atoms with Gasteiger partial charge in [-0.1, -0.05) is 12.5 Å². The molecular formula is C14H21N3O. The number of nitrogens with two attached hydrogens (primary N) is 1. The van der Waals surface area contributed by atoms with Crippen molar-refractivity contribution < 1.29 is 4.79 Å². The molecule has 2 rings (SSSR count). The number of rotatable bonds is 4. The van der Waals surface area contributed by atoms with E-state index in [-0.39, 0.29) is 17.9 Å². The molecule has 0 spiro atoms. The highest BCUT2D eigenvalue weighted by Gasteiger charge is 2.32. The van der Waals surface area contributed by atoms with Crippen LogP contribution in [0.3, 0.4) is 0 Å². The van der Waals surface area contributed by atoms with Gasteiger partial charge in [-0.15, -0.1) is 0 Å². The van der Waals surface area contributed by atoms with E-state index in [0.29, 0.717) is 13.1 Å². The molecule has 2 N–H and O–H groups in total. The average Bonchev–Trinajstić information content (AvgIpc) is 2.82. The maximum atomic E-state index is 12.4. The predicted octanol–water partition coefficient (Wildman–Crippen LogP) is 1.56. The van der Waals surface area contributed by atoms with Gasteiger partial charge in [-0.25, -0.2) is 0 Å². The summed E-state index contributed by atoms with van der Waals surface area (Å²) in [5.41, 5.74) is 6.93. The van der Waals surface area contributed by atoms with E-state index in [1.54, 1.807) is 6.20 Å². The molecule has 4 nitrogen and oxygen atoms in total. The molecule has 1 aromatic rings. The Labute approximate surface area is 108 Å². The van der Waals surface area contributed by atoms with Crippen molar-refractivity contribution in [2.24, 2.45) is 11.7 Å². The summed E-state index contributed by atoms with van der Waals surface area (Å²) in [4.78, 5) is 18.5. The Bertz CT molecular complexity index is 393. The second-order valence-corrected chi connectivity index (χ2v) is 4.87. The summed E-state index contributed by atoms with van der Waals surface area (Å²) >= 11 is 0. The van der Waals surface area contributed by atoms with E-state index in [2.05, 4.69) is 4.98 Å². The van der Waals surface area contributed by atoms with Crippen molar-refractivity contribution >= 4 is 5.91 Å². The van der Waals surface area contributed by atoms with E-state index in [0.717, 1.165) is 25.0 Å². The molecule has 1 amide bonds. The number of carbonyl (C=O) groups is 1. The summed E-state index contributed by atoms with van der Waals surface area (Å²) in [5.74, 6) is 0.196. The lowest BCUT2D eigenvalue weighted by atomic mass is 10.0. The lowest BCUT2D eigenvalue weighted by Gasteiger charge is -2.25. The molecule has 0 aliphatic heterocycles. The topological polar surface area (TPSA) is 59.2 Å². The molecule has 0 bridgehead atoms. The first kappa shape index (κ1) is 13.0. The number of hydrogen-bond donors (Lipinski definition) is 1. The van der Waals surface area contributed by atoms with Gasteiger partial charge in [0.2, 0.25) is 5.91 Å². The van der Waals surface area contributed by atoms with Crippen LogP contribution in [0, 0.1) is 5.92 Å². The zero-order valence-electron chi connectivity index (χ0n) is 10.9. The van der Waals surface area contributed by atoms with Crippen molar-refractivity contribution in [1.29, 1.82) is 0 Å². The van der Waals surface area contributed by atoms with Crippen molar-refractivity contribution in [3.63, 3.8) is 0 Å². The van der Waals surface area contributed by atoms with E-state index in [1.165, 1.54) is 0 Å². The minimum absolute atomic E-state index is 0.00802. The molecule has 1 aromatic heterocycles. The van der Waals surface area contributed by atoms with E-state index in [1.807, 2.05) is 30.0 Å². The highest BCUT2D eigenvalue weighted by atomic mass is 16.2. The van der Waals surface area contributed by atoms with Gasteiger partial charge in [0.15, 0.2) is 0 Å². The second kappa shape index (κ2) is 5.96. The molecule has 18 heavy (non-hydrogen) atoms. The molecule has 1 fully saturated rings. The molecule has 1 saturated carbocycles. The first-order valence-corrected chi connectivity index (χ1v) is 6.66. The fraction of sp³-hybridized carbons (Fsp3) is 0.571. The molecule has 98 valence electrons. The van der Waals surface area contributed by atoms with Gasteiger partial charge in [0.1, 0.15) is 0 Å². The lowest BCUT2D eigenvalue weighted by molar-refractivity contribution is -0.136. The highest BCUT2D eigenvalue weighted by Crippen LogP contribution is 2.26. The van der Waals surface area contributed by atoms with Crippen molar-refractivity contribution in [3.05, 3.63) is 30.1 Å². The fourth-order valence-electron chi connectivity index (χ4n) is 2.56. The van der Waals surface area contributed by atoms with Crippen LogP contribution in [0.5, 0.6) is 0 Å². The maximum Gasteiger partial charge on any atom is 0.227 e. The van der Waals surface area contributed by atoms with Crippen LogP contribution in [0.15, 0.2) is 24.4 Å². The predicted molar refractivity (Wildman–Crippen MR) is 70.6 cm³/mol. The molecule has 1 heterocycles. The first-order chi connectivity index (χ1) is 8.72. The normalized spacial score (nSPS) is 23.0. The lowest BCUT2D eigenvalue weighted by Crippen LogP contribution is -2.41. The minimum Gasteiger partial charge on any atom is -0.337 e. The molecule has 2 unspecified atom stereocenters. The van der Waals surface area contributed by atoms with Crippen LogP contribution in [0.25, 0.3) is 0 Å². The van der Waals surface area contributed by atoms with Crippen LogP contribution in [-0.2, 0) is 11.3 Å². The van der Waals surface area contributed by atoms with Gasteiger partial charge < -0.3 is 10.6 Å². The smallest absolute Gasteiger partial charge is 0.227 e. The maximum absolute atomic E-state index is 12.4. The van der Waals surface area contributed by atoms with Gasteiger partial charge in [0.05, 0.1) is 18.2 Å². The molecule has 1 aliphatic carbocycles. The Hall–Kier alpha value is -1.42. The van der Waals surface area contributed by atoms with Gasteiger partial charge in [0, 0.05) is 18.8 Å². The molecule has 4 heteroatoms.